The molecule has 1 aliphatic heterocycles. The molecule has 0 amide bonds. The van der Waals surface area contributed by atoms with Crippen molar-refractivity contribution in [3.63, 3.8) is 0 Å². The summed E-state index contributed by atoms with van der Waals surface area (Å²) < 4.78 is 7.82. The molecule has 0 radical (unpaired) electrons. The third kappa shape index (κ3) is 2.75. The SMILES string of the molecule is COc1ccccc1[C@H]1Cn2ccnc2CN1Cc1cscn1. The second kappa shape index (κ2) is 6.14. The van der Waals surface area contributed by atoms with Gasteiger partial charge in [0, 0.05) is 36.4 Å². The van der Waals surface area contributed by atoms with Gasteiger partial charge < -0.3 is 9.30 Å². The average Bonchev–Trinajstić information content (AvgIpc) is 3.25. The predicted molar refractivity (Wildman–Crippen MR) is 89.3 cm³/mol. The highest BCUT2D eigenvalue weighted by atomic mass is 32.1. The van der Waals surface area contributed by atoms with Crippen molar-refractivity contribution in [2.24, 2.45) is 0 Å². The molecule has 1 atom stereocenters. The summed E-state index contributed by atoms with van der Waals surface area (Å²) in [5.74, 6) is 2.04. The predicted octanol–water partition coefficient (Wildman–Crippen LogP) is 3.11. The molecule has 0 N–H and O–H groups in total. The van der Waals surface area contributed by atoms with Crippen LogP contribution in [-0.4, -0.2) is 26.5 Å². The van der Waals surface area contributed by atoms with Crippen LogP contribution in [0.1, 0.15) is 23.1 Å². The molecule has 0 saturated carbocycles. The largest absolute Gasteiger partial charge is 0.496 e. The van der Waals surface area contributed by atoms with E-state index in [-0.39, 0.29) is 6.04 Å². The molecule has 5 nitrogen and oxygen atoms in total. The Kier molecular flexibility index (Phi) is 3.85. The normalized spacial score (nSPS) is 17.9. The van der Waals surface area contributed by atoms with E-state index in [1.165, 1.54) is 5.56 Å². The first-order valence-corrected chi connectivity index (χ1v) is 8.53. The second-order valence-electron chi connectivity index (χ2n) is 5.64. The molecule has 6 heteroatoms. The molecule has 0 aliphatic carbocycles. The Hall–Kier alpha value is -2.18. The first kappa shape index (κ1) is 14.4. The lowest BCUT2D eigenvalue weighted by Crippen LogP contribution is -2.36. The number of hydrogen-bond acceptors (Lipinski definition) is 5. The van der Waals surface area contributed by atoms with Crippen molar-refractivity contribution in [2.45, 2.75) is 25.7 Å². The van der Waals surface area contributed by atoms with Crippen LogP contribution in [0.15, 0.2) is 47.5 Å². The Balaban J connectivity index is 1.71. The minimum atomic E-state index is 0.245. The number of imidazole rings is 1. The number of para-hydroxylation sites is 1. The van der Waals surface area contributed by atoms with E-state index in [4.69, 9.17) is 4.74 Å². The number of benzene rings is 1. The number of thiazole rings is 1. The Labute approximate surface area is 139 Å². The van der Waals surface area contributed by atoms with Crippen molar-refractivity contribution in [2.75, 3.05) is 7.11 Å². The van der Waals surface area contributed by atoms with Gasteiger partial charge in [0.2, 0.25) is 0 Å². The van der Waals surface area contributed by atoms with Crippen LogP contribution in [-0.2, 0) is 19.6 Å². The fourth-order valence-electron chi connectivity index (χ4n) is 3.18. The van der Waals surface area contributed by atoms with Crippen LogP contribution in [0.4, 0.5) is 0 Å². The quantitative estimate of drug-likeness (QED) is 0.739. The van der Waals surface area contributed by atoms with Crippen LogP contribution in [0.2, 0.25) is 0 Å². The maximum Gasteiger partial charge on any atom is 0.123 e. The highest BCUT2D eigenvalue weighted by molar-refractivity contribution is 7.07. The van der Waals surface area contributed by atoms with Crippen LogP contribution in [0.5, 0.6) is 5.75 Å². The first-order chi connectivity index (χ1) is 11.3. The van der Waals surface area contributed by atoms with Crippen LogP contribution < -0.4 is 4.74 Å². The number of hydrogen-bond donors (Lipinski definition) is 0. The molecule has 23 heavy (non-hydrogen) atoms. The maximum absolute atomic E-state index is 5.59. The molecule has 2 aromatic heterocycles. The van der Waals surface area contributed by atoms with Crippen molar-refractivity contribution in [3.05, 3.63) is 64.6 Å². The monoisotopic (exact) mass is 326 g/mol. The lowest BCUT2D eigenvalue weighted by molar-refractivity contribution is 0.124. The minimum Gasteiger partial charge on any atom is -0.496 e. The molecule has 1 aromatic carbocycles. The maximum atomic E-state index is 5.59. The van der Waals surface area contributed by atoms with Crippen LogP contribution in [0.25, 0.3) is 0 Å². The highest BCUT2D eigenvalue weighted by Gasteiger charge is 2.30. The summed E-state index contributed by atoms with van der Waals surface area (Å²) in [6, 6.07) is 8.51. The number of aromatic nitrogens is 3. The average molecular weight is 326 g/mol. The first-order valence-electron chi connectivity index (χ1n) is 7.59. The molecule has 0 unspecified atom stereocenters. The number of nitrogens with zero attached hydrogens (tertiary/aromatic N) is 4. The molecule has 0 fully saturated rings. The van der Waals surface area contributed by atoms with Gasteiger partial charge in [0.1, 0.15) is 11.6 Å². The van der Waals surface area contributed by atoms with E-state index in [1.807, 2.05) is 23.8 Å². The third-order valence-electron chi connectivity index (χ3n) is 4.30. The minimum absolute atomic E-state index is 0.245. The fourth-order valence-corrected chi connectivity index (χ4v) is 3.73. The van der Waals surface area contributed by atoms with E-state index in [0.717, 1.165) is 36.9 Å². The molecule has 1 aliphatic rings. The summed E-state index contributed by atoms with van der Waals surface area (Å²) in [6.07, 6.45) is 3.93. The zero-order valence-electron chi connectivity index (χ0n) is 12.9. The number of fused-ring (bicyclic) bond motifs is 1. The molecule has 118 valence electrons. The van der Waals surface area contributed by atoms with Gasteiger partial charge in [0.15, 0.2) is 0 Å². The lowest BCUT2D eigenvalue weighted by atomic mass is 10.0. The molecule has 3 aromatic rings. The standard InChI is InChI=1S/C17H18N4OS/c1-22-16-5-3-2-4-14(16)15-9-20-7-6-18-17(20)10-21(15)8-13-11-23-12-19-13/h2-7,11-12,15H,8-10H2,1H3/t15-/m1/s1. The Morgan fingerprint density at radius 3 is 3.04 bits per heavy atom. The summed E-state index contributed by atoms with van der Waals surface area (Å²) >= 11 is 1.64. The van der Waals surface area contributed by atoms with Crippen LogP contribution >= 0.6 is 11.3 Å². The van der Waals surface area contributed by atoms with Gasteiger partial charge in [-0.05, 0) is 6.07 Å². The van der Waals surface area contributed by atoms with Gasteiger partial charge >= 0.3 is 0 Å². The van der Waals surface area contributed by atoms with Crippen LogP contribution in [0, 0.1) is 0 Å². The van der Waals surface area contributed by atoms with Crippen molar-refractivity contribution in [1.29, 1.82) is 0 Å². The number of ether oxygens (including phenoxy) is 1. The smallest absolute Gasteiger partial charge is 0.123 e. The van der Waals surface area contributed by atoms with E-state index < -0.39 is 0 Å². The Bertz CT molecular complexity index is 784. The van der Waals surface area contributed by atoms with Crippen molar-refractivity contribution >= 4 is 11.3 Å². The van der Waals surface area contributed by atoms with Crippen molar-refractivity contribution < 1.29 is 4.74 Å². The van der Waals surface area contributed by atoms with Gasteiger partial charge in [-0.1, -0.05) is 18.2 Å². The second-order valence-corrected chi connectivity index (χ2v) is 6.36. The van der Waals surface area contributed by atoms with Gasteiger partial charge in [-0.15, -0.1) is 11.3 Å². The van der Waals surface area contributed by atoms with Crippen LogP contribution in [0.3, 0.4) is 0 Å². The van der Waals surface area contributed by atoms with E-state index in [0.29, 0.717) is 0 Å². The summed E-state index contributed by atoms with van der Waals surface area (Å²) in [4.78, 5) is 11.3. The van der Waals surface area contributed by atoms with Gasteiger partial charge in [0.25, 0.3) is 0 Å². The van der Waals surface area contributed by atoms with E-state index in [2.05, 4.69) is 43.1 Å². The van der Waals surface area contributed by atoms with E-state index in [9.17, 15) is 0 Å². The summed E-state index contributed by atoms with van der Waals surface area (Å²) in [6.45, 7) is 2.51. The Morgan fingerprint density at radius 2 is 2.22 bits per heavy atom. The van der Waals surface area contributed by atoms with Crippen molar-refractivity contribution in [3.8, 4) is 5.75 Å². The zero-order valence-corrected chi connectivity index (χ0v) is 13.7. The van der Waals surface area contributed by atoms with Gasteiger partial charge in [-0.25, -0.2) is 9.97 Å². The molecule has 4 rings (SSSR count). The Morgan fingerprint density at radius 1 is 1.30 bits per heavy atom. The van der Waals surface area contributed by atoms with Gasteiger partial charge in [-0.2, -0.15) is 0 Å². The number of rotatable bonds is 4. The van der Waals surface area contributed by atoms with Gasteiger partial charge in [0.05, 0.1) is 30.9 Å². The summed E-state index contributed by atoms with van der Waals surface area (Å²) in [7, 11) is 1.73. The zero-order chi connectivity index (χ0) is 15.6. The number of methoxy groups -OCH3 is 1. The third-order valence-corrected chi connectivity index (χ3v) is 4.94. The van der Waals surface area contributed by atoms with E-state index in [1.54, 1.807) is 18.4 Å². The van der Waals surface area contributed by atoms with Crippen molar-refractivity contribution in [1.82, 2.24) is 19.4 Å². The molecular weight excluding hydrogens is 308 g/mol. The van der Waals surface area contributed by atoms with Gasteiger partial charge in [-0.3, -0.25) is 4.90 Å². The van der Waals surface area contributed by atoms with E-state index >= 15 is 0 Å². The summed E-state index contributed by atoms with van der Waals surface area (Å²) in [5, 5.41) is 2.11. The highest BCUT2D eigenvalue weighted by Crippen LogP contribution is 2.35. The molecule has 0 spiro atoms. The molecule has 0 saturated heterocycles. The molecular formula is C17H18N4OS. The summed E-state index contributed by atoms with van der Waals surface area (Å²) in [5.41, 5.74) is 4.21. The molecule has 3 heterocycles. The molecule has 0 bridgehead atoms. The lowest BCUT2D eigenvalue weighted by Gasteiger charge is -2.36. The fraction of sp³-hybridized carbons (Fsp3) is 0.294. The topological polar surface area (TPSA) is 43.2 Å².